The van der Waals surface area contributed by atoms with E-state index in [9.17, 15) is 17.7 Å². The Morgan fingerprint density at radius 2 is 1.77 bits per heavy atom. The summed E-state index contributed by atoms with van der Waals surface area (Å²) >= 11 is 0. The third-order valence-electron chi connectivity index (χ3n) is 2.84. The Morgan fingerprint density at radius 3 is 2.18 bits per heavy atom. The van der Waals surface area contributed by atoms with E-state index in [1.807, 2.05) is 0 Å². The van der Waals surface area contributed by atoms with Gasteiger partial charge in [0.05, 0.1) is 25.9 Å². The largest absolute Gasteiger partial charge is 0.497 e. The molecule has 2 N–H and O–H groups in total. The fourth-order valence-corrected chi connectivity index (χ4v) is 3.58. The minimum absolute atomic E-state index is 0.00246. The van der Waals surface area contributed by atoms with Crippen LogP contribution >= 0.6 is 7.60 Å². The maximum Gasteiger partial charge on any atom is 0.416 e. The lowest BCUT2D eigenvalue weighted by molar-refractivity contribution is -0.138. The monoisotopic (exact) mass is 341 g/mol. The summed E-state index contributed by atoms with van der Waals surface area (Å²) in [5.74, 6) is -1.53. The molecule has 0 unspecified atom stereocenters. The topological polar surface area (TPSA) is 70.8 Å². The van der Waals surface area contributed by atoms with Crippen molar-refractivity contribution < 1.29 is 31.5 Å². The molecule has 0 aliphatic heterocycles. The molecule has 0 bridgehead atoms. The van der Waals surface area contributed by atoms with E-state index >= 15 is 0 Å². The van der Waals surface area contributed by atoms with Crippen molar-refractivity contribution in [3.05, 3.63) is 29.3 Å². The molecule has 0 spiro atoms. The molecule has 0 saturated carbocycles. The van der Waals surface area contributed by atoms with Gasteiger partial charge < -0.3 is 19.5 Å². The van der Waals surface area contributed by atoms with E-state index in [0.29, 0.717) is 0 Å². The molecular weight excluding hydrogens is 322 g/mol. The van der Waals surface area contributed by atoms with Crippen LogP contribution in [0.1, 0.15) is 30.8 Å². The average molecular weight is 341 g/mol. The van der Waals surface area contributed by atoms with Crippen LogP contribution in [0, 0.1) is 0 Å². The van der Waals surface area contributed by atoms with Gasteiger partial charge in [-0.25, -0.2) is 0 Å². The van der Waals surface area contributed by atoms with Crippen molar-refractivity contribution in [2.45, 2.75) is 25.8 Å². The zero-order valence-electron chi connectivity index (χ0n) is 12.5. The molecular formula is C13H19F3NO4P. The molecule has 1 aromatic rings. The van der Waals surface area contributed by atoms with Gasteiger partial charge in [0.15, 0.2) is 0 Å². The second kappa shape index (κ2) is 7.46. The highest BCUT2D eigenvalue weighted by Crippen LogP contribution is 2.59. The first-order chi connectivity index (χ1) is 10.2. The maximum absolute atomic E-state index is 13.2. The van der Waals surface area contributed by atoms with E-state index in [2.05, 4.69) is 0 Å². The molecule has 1 aromatic carbocycles. The van der Waals surface area contributed by atoms with E-state index in [-0.39, 0.29) is 24.5 Å². The molecule has 9 heteroatoms. The number of rotatable bonds is 7. The molecule has 0 saturated heterocycles. The molecule has 5 nitrogen and oxygen atoms in total. The summed E-state index contributed by atoms with van der Waals surface area (Å²) in [7, 11) is -2.67. The van der Waals surface area contributed by atoms with Crippen LogP contribution in [0.2, 0.25) is 0 Å². The molecule has 0 aliphatic rings. The molecule has 0 amide bonds. The van der Waals surface area contributed by atoms with E-state index < -0.39 is 25.1 Å². The molecule has 0 aromatic heterocycles. The van der Waals surface area contributed by atoms with Crippen molar-refractivity contribution >= 4 is 7.60 Å². The number of alkyl halides is 3. The molecule has 0 heterocycles. The van der Waals surface area contributed by atoms with E-state index in [0.717, 1.165) is 12.1 Å². The lowest BCUT2D eigenvalue weighted by Gasteiger charge is -2.25. The van der Waals surface area contributed by atoms with Crippen molar-refractivity contribution in [3.8, 4) is 5.75 Å². The van der Waals surface area contributed by atoms with E-state index in [4.69, 9.17) is 19.5 Å². The Bertz CT molecular complexity index is 541. The number of benzene rings is 1. The normalized spacial score (nSPS) is 14.0. The summed E-state index contributed by atoms with van der Waals surface area (Å²) in [5, 5.41) is 0. The molecule has 1 atom stereocenters. The minimum atomic E-state index is -4.68. The average Bonchev–Trinajstić information content (AvgIpc) is 2.45. The number of methoxy groups -OCH3 is 1. The van der Waals surface area contributed by atoms with Gasteiger partial charge in [0.2, 0.25) is 0 Å². The van der Waals surface area contributed by atoms with Gasteiger partial charge in [-0.1, -0.05) is 6.07 Å². The molecule has 0 radical (unpaired) electrons. The highest BCUT2D eigenvalue weighted by Gasteiger charge is 2.41. The van der Waals surface area contributed by atoms with Gasteiger partial charge >= 0.3 is 13.8 Å². The minimum Gasteiger partial charge on any atom is -0.497 e. The maximum atomic E-state index is 13.2. The second-order valence-corrected chi connectivity index (χ2v) is 6.42. The number of ether oxygens (including phenoxy) is 1. The van der Waals surface area contributed by atoms with Crippen LogP contribution in [0.4, 0.5) is 13.2 Å². The first-order valence-electron chi connectivity index (χ1n) is 6.59. The van der Waals surface area contributed by atoms with Gasteiger partial charge in [-0.05, 0) is 31.5 Å². The lowest BCUT2D eigenvalue weighted by atomic mass is 10.1. The predicted octanol–water partition coefficient (Wildman–Crippen LogP) is 3.94. The SMILES string of the molecule is CCOP(=O)(OCC)[C@H](N)c1ccc(OC)cc1C(F)(F)F. The molecule has 1 rings (SSSR count). The molecule has 22 heavy (non-hydrogen) atoms. The summed E-state index contributed by atoms with van der Waals surface area (Å²) in [5.41, 5.74) is 4.39. The van der Waals surface area contributed by atoms with Gasteiger partial charge in [0, 0.05) is 0 Å². The number of hydrogen-bond donors (Lipinski definition) is 1. The highest BCUT2D eigenvalue weighted by atomic mass is 31.2. The van der Waals surface area contributed by atoms with Gasteiger partial charge in [0.25, 0.3) is 0 Å². The Kier molecular flexibility index (Phi) is 6.43. The fourth-order valence-electron chi connectivity index (χ4n) is 1.89. The third kappa shape index (κ3) is 4.23. The van der Waals surface area contributed by atoms with Gasteiger partial charge in [0.1, 0.15) is 11.5 Å². The predicted molar refractivity (Wildman–Crippen MR) is 75.8 cm³/mol. The zero-order chi connectivity index (χ0) is 17.0. The van der Waals surface area contributed by atoms with Crippen molar-refractivity contribution in [1.29, 1.82) is 0 Å². The van der Waals surface area contributed by atoms with Crippen LogP contribution in [-0.4, -0.2) is 20.3 Å². The Morgan fingerprint density at radius 1 is 1.23 bits per heavy atom. The number of hydrogen-bond acceptors (Lipinski definition) is 5. The van der Waals surface area contributed by atoms with Gasteiger partial charge in [-0.2, -0.15) is 13.2 Å². The van der Waals surface area contributed by atoms with Crippen molar-refractivity contribution in [2.24, 2.45) is 5.73 Å². The van der Waals surface area contributed by atoms with Crippen LogP contribution in [0.25, 0.3) is 0 Å². The Labute approximate surface area is 127 Å². The summed E-state index contributed by atoms with van der Waals surface area (Å²) < 4.78 is 67.0. The third-order valence-corrected chi connectivity index (χ3v) is 5.04. The Hall–Kier alpha value is -1.08. The van der Waals surface area contributed by atoms with Crippen LogP contribution in [0.5, 0.6) is 5.75 Å². The van der Waals surface area contributed by atoms with Crippen LogP contribution in [-0.2, 0) is 19.8 Å². The quantitative estimate of drug-likeness (QED) is 0.761. The second-order valence-electron chi connectivity index (χ2n) is 4.27. The molecule has 0 fully saturated rings. The standard InChI is InChI=1S/C13H19F3NO4P/c1-4-20-22(18,21-5-2)12(17)10-7-6-9(19-3)8-11(10)13(14,15)16/h6-8,12H,4-5,17H2,1-3H3/t12-/m0/s1. The van der Waals surface area contributed by atoms with Crippen LogP contribution in [0.3, 0.4) is 0 Å². The highest BCUT2D eigenvalue weighted by molar-refractivity contribution is 7.54. The summed E-state index contributed by atoms with van der Waals surface area (Å²) in [6.45, 7) is 3.11. The number of nitrogens with two attached hydrogens (primary N) is 1. The first kappa shape index (κ1) is 19.0. The Balaban J connectivity index is 3.37. The van der Waals surface area contributed by atoms with Gasteiger partial charge in [-0.3, -0.25) is 4.57 Å². The van der Waals surface area contributed by atoms with Crippen molar-refractivity contribution in [3.63, 3.8) is 0 Å². The smallest absolute Gasteiger partial charge is 0.416 e. The van der Waals surface area contributed by atoms with E-state index in [1.165, 1.54) is 13.2 Å². The summed E-state index contributed by atoms with van der Waals surface area (Å²) in [6.07, 6.45) is -4.68. The van der Waals surface area contributed by atoms with Crippen LogP contribution in [0.15, 0.2) is 18.2 Å². The lowest BCUT2D eigenvalue weighted by Crippen LogP contribution is -2.20. The first-order valence-corrected chi connectivity index (χ1v) is 8.20. The molecule has 126 valence electrons. The van der Waals surface area contributed by atoms with Crippen LogP contribution < -0.4 is 10.5 Å². The van der Waals surface area contributed by atoms with E-state index in [1.54, 1.807) is 13.8 Å². The van der Waals surface area contributed by atoms with Crippen molar-refractivity contribution in [1.82, 2.24) is 0 Å². The summed E-state index contributed by atoms with van der Waals surface area (Å²) in [6, 6.07) is 3.24. The van der Waals surface area contributed by atoms with Gasteiger partial charge in [-0.15, -0.1) is 0 Å². The van der Waals surface area contributed by atoms with Crippen molar-refractivity contribution in [2.75, 3.05) is 20.3 Å². The molecule has 0 aliphatic carbocycles. The number of halogens is 3. The zero-order valence-corrected chi connectivity index (χ0v) is 13.4. The summed E-state index contributed by atoms with van der Waals surface area (Å²) in [4.78, 5) is 0. The fraction of sp³-hybridized carbons (Fsp3) is 0.538.